The van der Waals surface area contributed by atoms with Gasteiger partial charge in [-0.2, -0.15) is 10.1 Å². The molecule has 4 aromatic rings. The minimum atomic E-state index is -0.244. The molecule has 0 aliphatic heterocycles. The fourth-order valence-corrected chi connectivity index (χ4v) is 3.79. The van der Waals surface area contributed by atoms with Gasteiger partial charge in [0.25, 0.3) is 0 Å². The summed E-state index contributed by atoms with van der Waals surface area (Å²) in [4.78, 5) is 29.8. The van der Waals surface area contributed by atoms with Gasteiger partial charge in [0.15, 0.2) is 11.4 Å². The van der Waals surface area contributed by atoms with E-state index in [2.05, 4.69) is 20.5 Å². The fourth-order valence-electron chi connectivity index (χ4n) is 2.90. The second-order valence-electron chi connectivity index (χ2n) is 6.51. The lowest BCUT2D eigenvalue weighted by atomic mass is 10.2. The zero-order valence-corrected chi connectivity index (χ0v) is 16.4. The van der Waals surface area contributed by atoms with Crippen LogP contribution in [-0.4, -0.2) is 36.1 Å². The minimum Gasteiger partial charge on any atom is -0.294 e. The Kier molecular flexibility index (Phi) is 4.52. The van der Waals surface area contributed by atoms with Gasteiger partial charge in [-0.3, -0.25) is 19.6 Å². The van der Waals surface area contributed by atoms with Crippen molar-refractivity contribution in [3.8, 4) is 10.4 Å². The Morgan fingerprint density at radius 3 is 2.64 bits per heavy atom. The number of nitrogens with zero attached hydrogens (tertiary/aromatic N) is 5. The molecule has 1 amide bonds. The number of anilines is 1. The van der Waals surface area contributed by atoms with Crippen LogP contribution in [0.2, 0.25) is 0 Å². The smallest absolute Gasteiger partial charge is 0.249 e. The van der Waals surface area contributed by atoms with Crippen LogP contribution in [0.15, 0.2) is 36.5 Å². The van der Waals surface area contributed by atoms with Crippen LogP contribution in [0.5, 0.6) is 0 Å². The van der Waals surface area contributed by atoms with Crippen molar-refractivity contribution in [2.45, 2.75) is 27.3 Å². The van der Waals surface area contributed by atoms with Gasteiger partial charge >= 0.3 is 0 Å². The van der Waals surface area contributed by atoms with Crippen LogP contribution >= 0.6 is 11.3 Å². The summed E-state index contributed by atoms with van der Waals surface area (Å²) < 4.78 is 3.25. The first-order valence-electron chi connectivity index (χ1n) is 8.67. The maximum atomic E-state index is 12.3. The fraction of sp³-hybridized carbons (Fsp3) is 0.211. The molecule has 0 radical (unpaired) electrons. The molecule has 0 unspecified atom stereocenters. The zero-order chi connectivity index (χ0) is 19.8. The van der Waals surface area contributed by atoms with Crippen LogP contribution in [-0.2, 0) is 11.3 Å². The third kappa shape index (κ3) is 3.56. The average Bonchev–Trinajstić information content (AvgIpc) is 3.33. The van der Waals surface area contributed by atoms with E-state index in [0.29, 0.717) is 10.5 Å². The van der Waals surface area contributed by atoms with Gasteiger partial charge in [-0.15, -0.1) is 16.4 Å². The zero-order valence-electron chi connectivity index (χ0n) is 15.6. The van der Waals surface area contributed by atoms with E-state index in [1.54, 1.807) is 16.1 Å². The average molecular weight is 394 g/mol. The molecule has 0 saturated heterocycles. The van der Waals surface area contributed by atoms with Crippen LogP contribution in [0.1, 0.15) is 28.0 Å². The molecule has 4 rings (SSSR count). The Balaban J connectivity index is 1.53. The number of pyridine rings is 1. The van der Waals surface area contributed by atoms with E-state index >= 15 is 0 Å². The van der Waals surface area contributed by atoms with Crippen molar-refractivity contribution in [1.82, 2.24) is 24.4 Å². The topological polar surface area (TPSA) is 94.2 Å². The number of carbonyl (C=O) groups excluding carboxylic acids is 2. The first-order valence-corrected chi connectivity index (χ1v) is 9.49. The molecule has 9 heteroatoms. The van der Waals surface area contributed by atoms with Crippen molar-refractivity contribution in [2.24, 2.45) is 0 Å². The lowest BCUT2D eigenvalue weighted by Gasteiger charge is -2.03. The molecule has 28 heavy (non-hydrogen) atoms. The van der Waals surface area contributed by atoms with Gasteiger partial charge in [0, 0.05) is 22.3 Å². The Morgan fingerprint density at radius 2 is 1.96 bits per heavy atom. The molecule has 8 nitrogen and oxygen atoms in total. The highest BCUT2D eigenvalue weighted by Gasteiger charge is 2.12. The Hall–Kier alpha value is -3.33. The lowest BCUT2D eigenvalue weighted by molar-refractivity contribution is -0.117. The summed E-state index contributed by atoms with van der Waals surface area (Å²) in [5.41, 5.74) is 3.33. The summed E-state index contributed by atoms with van der Waals surface area (Å²) in [7, 11) is 0. The summed E-state index contributed by atoms with van der Waals surface area (Å²) >= 11 is 1.43. The van der Waals surface area contributed by atoms with Crippen molar-refractivity contribution >= 4 is 34.6 Å². The molecule has 0 aliphatic rings. The number of hydrogen-bond donors (Lipinski definition) is 1. The van der Waals surface area contributed by atoms with Gasteiger partial charge in [0.1, 0.15) is 6.54 Å². The molecule has 0 bridgehead atoms. The first-order chi connectivity index (χ1) is 13.4. The third-order valence-electron chi connectivity index (χ3n) is 4.22. The molecular weight excluding hydrogens is 376 g/mol. The largest absolute Gasteiger partial charge is 0.294 e. The standard InChI is InChI=1S/C19H18N6O2S/c1-11-8-12(2)24(22-11)10-18(27)21-19-20-17-7-4-14(9-25(17)23-19)16-6-5-15(28-16)13(3)26/h4-9H,10H2,1-3H3,(H,21,23,27). The predicted molar refractivity (Wildman–Crippen MR) is 107 cm³/mol. The number of Topliss-reactive ketones (excluding diaryl/α,β-unsaturated/α-hetero) is 1. The van der Waals surface area contributed by atoms with Crippen LogP contribution in [0.3, 0.4) is 0 Å². The molecular formula is C19H18N6O2S. The highest BCUT2D eigenvalue weighted by atomic mass is 32.1. The molecule has 0 spiro atoms. The molecule has 0 saturated carbocycles. The van der Waals surface area contributed by atoms with Gasteiger partial charge in [-0.25, -0.2) is 4.52 Å². The predicted octanol–water partition coefficient (Wildman–Crippen LogP) is 3.11. The minimum absolute atomic E-state index is 0.0469. The van der Waals surface area contributed by atoms with E-state index in [-0.39, 0.29) is 24.2 Å². The van der Waals surface area contributed by atoms with Crippen molar-refractivity contribution < 1.29 is 9.59 Å². The molecule has 142 valence electrons. The molecule has 4 heterocycles. The number of amides is 1. The quantitative estimate of drug-likeness (QED) is 0.525. The number of carbonyl (C=O) groups is 2. The van der Waals surface area contributed by atoms with E-state index in [0.717, 1.165) is 21.8 Å². The monoisotopic (exact) mass is 394 g/mol. The second kappa shape index (κ2) is 7.01. The number of nitrogens with one attached hydrogen (secondary N) is 1. The lowest BCUT2D eigenvalue weighted by Crippen LogP contribution is -2.21. The SMILES string of the molecule is CC(=O)c1ccc(-c2ccc3nc(NC(=O)Cn4nc(C)cc4C)nn3c2)s1. The van der Waals surface area contributed by atoms with E-state index in [1.807, 2.05) is 50.4 Å². The van der Waals surface area contributed by atoms with Crippen LogP contribution in [0.25, 0.3) is 16.1 Å². The maximum absolute atomic E-state index is 12.3. The van der Waals surface area contributed by atoms with Crippen LogP contribution in [0, 0.1) is 13.8 Å². The maximum Gasteiger partial charge on any atom is 0.249 e. The number of fused-ring (bicyclic) bond motifs is 1. The molecule has 0 atom stereocenters. The van der Waals surface area contributed by atoms with E-state index in [4.69, 9.17) is 0 Å². The van der Waals surface area contributed by atoms with Crippen LogP contribution in [0.4, 0.5) is 5.95 Å². The molecule has 0 aliphatic carbocycles. The Labute approximate surface area is 164 Å². The van der Waals surface area contributed by atoms with Gasteiger partial charge in [-0.1, -0.05) is 0 Å². The number of aryl methyl sites for hydroxylation is 2. The summed E-state index contributed by atoms with van der Waals surface area (Å²) in [6.07, 6.45) is 1.83. The summed E-state index contributed by atoms with van der Waals surface area (Å²) in [6.45, 7) is 5.44. The molecule has 0 aromatic carbocycles. The van der Waals surface area contributed by atoms with Gasteiger partial charge in [0.2, 0.25) is 11.9 Å². The summed E-state index contributed by atoms with van der Waals surface area (Å²) in [5.74, 6) is 0.0386. The molecule has 4 aromatic heterocycles. The second-order valence-corrected chi connectivity index (χ2v) is 7.59. The number of ketones is 1. The van der Waals surface area contributed by atoms with Gasteiger partial charge in [0.05, 0.1) is 10.6 Å². The van der Waals surface area contributed by atoms with Gasteiger partial charge in [-0.05, 0) is 51.1 Å². The highest BCUT2D eigenvalue weighted by Crippen LogP contribution is 2.28. The van der Waals surface area contributed by atoms with E-state index in [1.165, 1.54) is 11.3 Å². The number of thiophene rings is 1. The van der Waals surface area contributed by atoms with Crippen molar-refractivity contribution in [1.29, 1.82) is 0 Å². The Morgan fingerprint density at radius 1 is 1.14 bits per heavy atom. The van der Waals surface area contributed by atoms with Crippen molar-refractivity contribution in [3.05, 3.63) is 52.8 Å². The third-order valence-corrected chi connectivity index (χ3v) is 5.45. The van der Waals surface area contributed by atoms with E-state index in [9.17, 15) is 9.59 Å². The first kappa shape index (κ1) is 18.1. The van der Waals surface area contributed by atoms with Crippen LogP contribution < -0.4 is 5.32 Å². The Bertz CT molecular complexity index is 1200. The molecule has 0 fully saturated rings. The van der Waals surface area contributed by atoms with E-state index < -0.39 is 0 Å². The van der Waals surface area contributed by atoms with Gasteiger partial charge < -0.3 is 0 Å². The number of hydrogen-bond acceptors (Lipinski definition) is 6. The normalized spacial score (nSPS) is 11.1. The summed E-state index contributed by atoms with van der Waals surface area (Å²) in [5, 5.41) is 11.3. The summed E-state index contributed by atoms with van der Waals surface area (Å²) in [6, 6.07) is 9.39. The molecule has 1 N–H and O–H groups in total. The van der Waals surface area contributed by atoms with Crippen molar-refractivity contribution in [3.63, 3.8) is 0 Å². The highest BCUT2D eigenvalue weighted by molar-refractivity contribution is 7.17. The van der Waals surface area contributed by atoms with Crippen molar-refractivity contribution in [2.75, 3.05) is 5.32 Å². The number of aromatic nitrogens is 5. The number of rotatable bonds is 5.